The molecule has 0 radical (unpaired) electrons. The molecular weight excluding hydrogens is 400 g/mol. The quantitative estimate of drug-likeness (QED) is 0.356. The number of nitrogen functional groups attached to an aromatic ring is 1. The van der Waals surface area contributed by atoms with Gasteiger partial charge in [0.2, 0.25) is 0 Å². The maximum absolute atomic E-state index is 11.0. The van der Waals surface area contributed by atoms with Gasteiger partial charge in [0.25, 0.3) is 0 Å². The molecule has 10 nitrogen and oxygen atoms in total. The molecule has 2 aromatic heterocycles. The third-order valence-electron chi connectivity index (χ3n) is 4.61. The first kappa shape index (κ1) is 20.1. The number of carbonyl (C=O) groups is 1. The Balaban J connectivity index is 1.68. The zero-order chi connectivity index (χ0) is 21.8. The highest BCUT2D eigenvalue weighted by Crippen LogP contribution is 2.32. The van der Waals surface area contributed by atoms with E-state index in [1.807, 2.05) is 54.6 Å². The Morgan fingerprint density at radius 2 is 1.81 bits per heavy atom. The highest BCUT2D eigenvalue weighted by atomic mass is 16.5. The Kier molecular flexibility index (Phi) is 5.63. The van der Waals surface area contributed by atoms with Crippen LogP contribution in [0.1, 0.15) is 0 Å². The van der Waals surface area contributed by atoms with Crippen LogP contribution in [0.2, 0.25) is 0 Å². The van der Waals surface area contributed by atoms with Gasteiger partial charge in [-0.25, -0.2) is 19.4 Å². The molecule has 1 atom stereocenters. The molecule has 158 valence electrons. The Morgan fingerprint density at radius 3 is 2.48 bits per heavy atom. The Labute approximate surface area is 176 Å². The van der Waals surface area contributed by atoms with Crippen molar-refractivity contribution in [2.45, 2.75) is 12.6 Å². The van der Waals surface area contributed by atoms with Gasteiger partial charge in [0, 0.05) is 5.56 Å². The van der Waals surface area contributed by atoms with Crippen LogP contribution in [0.3, 0.4) is 0 Å². The maximum atomic E-state index is 11.0. The lowest BCUT2D eigenvalue weighted by Crippen LogP contribution is -2.39. The number of benzene rings is 2. The van der Waals surface area contributed by atoms with Crippen molar-refractivity contribution in [1.29, 1.82) is 0 Å². The van der Waals surface area contributed by atoms with Gasteiger partial charge in [-0.05, 0) is 36.4 Å². The average molecular weight is 420 g/mol. The van der Waals surface area contributed by atoms with E-state index in [-0.39, 0.29) is 12.4 Å². The summed E-state index contributed by atoms with van der Waals surface area (Å²) in [6.07, 6.45) is 0.0773. The van der Waals surface area contributed by atoms with Crippen molar-refractivity contribution < 1.29 is 19.7 Å². The van der Waals surface area contributed by atoms with Gasteiger partial charge >= 0.3 is 6.09 Å². The van der Waals surface area contributed by atoms with E-state index >= 15 is 0 Å². The minimum absolute atomic E-state index is 0.0744. The standard InChI is InChI=1S/C21H20N6O4/c22-19-17-18(13-6-8-16(9-7-13)31-15-4-2-1-3-5-15)26-27(20(17)24-12-23-19)10-14(11-28)25-21(29)30/h1-9,12,14,25,28H,10-11H2,(H,29,30)(H2,22,23,24)/t14-/m0/s1. The summed E-state index contributed by atoms with van der Waals surface area (Å²) in [5.74, 6) is 1.64. The summed E-state index contributed by atoms with van der Waals surface area (Å²) in [7, 11) is 0. The molecule has 4 aromatic rings. The summed E-state index contributed by atoms with van der Waals surface area (Å²) >= 11 is 0. The van der Waals surface area contributed by atoms with Gasteiger partial charge in [-0.1, -0.05) is 18.2 Å². The summed E-state index contributed by atoms with van der Waals surface area (Å²) < 4.78 is 7.33. The van der Waals surface area contributed by atoms with Gasteiger partial charge in [0.05, 0.1) is 24.6 Å². The number of para-hydroxylation sites is 1. The highest BCUT2D eigenvalue weighted by Gasteiger charge is 2.20. The number of nitrogens with zero attached hydrogens (tertiary/aromatic N) is 4. The van der Waals surface area contributed by atoms with Crippen LogP contribution in [0.4, 0.5) is 10.6 Å². The second-order valence-electron chi connectivity index (χ2n) is 6.76. The number of aliphatic hydroxyl groups excluding tert-OH is 1. The number of hydrogen-bond acceptors (Lipinski definition) is 7. The average Bonchev–Trinajstić information content (AvgIpc) is 3.14. The van der Waals surface area contributed by atoms with Crippen molar-refractivity contribution in [3.63, 3.8) is 0 Å². The molecule has 0 unspecified atom stereocenters. The van der Waals surface area contributed by atoms with E-state index in [4.69, 9.17) is 15.6 Å². The van der Waals surface area contributed by atoms with E-state index in [2.05, 4.69) is 20.4 Å². The molecule has 0 aliphatic rings. The zero-order valence-corrected chi connectivity index (χ0v) is 16.3. The molecule has 4 rings (SSSR count). The van der Waals surface area contributed by atoms with Crippen LogP contribution in [0, 0.1) is 0 Å². The molecule has 10 heteroatoms. The van der Waals surface area contributed by atoms with Crippen LogP contribution in [0.25, 0.3) is 22.3 Å². The number of aliphatic hydroxyl groups is 1. The molecular formula is C21H20N6O4. The van der Waals surface area contributed by atoms with Crippen molar-refractivity contribution in [2.75, 3.05) is 12.3 Å². The molecule has 0 saturated carbocycles. The number of amides is 1. The van der Waals surface area contributed by atoms with Gasteiger partial charge in [-0.2, -0.15) is 5.10 Å². The van der Waals surface area contributed by atoms with Crippen molar-refractivity contribution in [3.05, 3.63) is 60.9 Å². The van der Waals surface area contributed by atoms with Crippen LogP contribution in [-0.2, 0) is 6.54 Å². The van der Waals surface area contributed by atoms with Crippen molar-refractivity contribution in [1.82, 2.24) is 25.1 Å². The van der Waals surface area contributed by atoms with Crippen LogP contribution in [0.15, 0.2) is 60.9 Å². The van der Waals surface area contributed by atoms with E-state index in [0.717, 1.165) is 11.3 Å². The summed E-state index contributed by atoms with van der Waals surface area (Å²) in [5.41, 5.74) is 7.85. The van der Waals surface area contributed by atoms with E-state index < -0.39 is 18.7 Å². The molecule has 2 heterocycles. The number of nitrogens with two attached hydrogens (primary N) is 1. The van der Waals surface area contributed by atoms with Crippen molar-refractivity contribution in [3.8, 4) is 22.8 Å². The molecule has 0 aliphatic carbocycles. The first-order chi connectivity index (χ1) is 15.0. The number of aromatic nitrogens is 4. The number of ether oxygens (including phenoxy) is 1. The van der Waals surface area contributed by atoms with Crippen molar-refractivity contribution >= 4 is 22.9 Å². The molecule has 2 aromatic carbocycles. The summed E-state index contributed by atoms with van der Waals surface area (Å²) in [4.78, 5) is 19.3. The van der Waals surface area contributed by atoms with E-state index in [9.17, 15) is 9.90 Å². The van der Waals surface area contributed by atoms with Gasteiger partial charge in [-0.15, -0.1) is 0 Å². The second kappa shape index (κ2) is 8.67. The topological polar surface area (TPSA) is 148 Å². The molecule has 0 saturated heterocycles. The number of nitrogens with one attached hydrogen (secondary N) is 1. The van der Waals surface area contributed by atoms with E-state index in [1.165, 1.54) is 11.0 Å². The number of anilines is 1. The molecule has 0 aliphatic heterocycles. The predicted octanol–water partition coefficient (Wildman–Crippen LogP) is 2.50. The molecule has 0 bridgehead atoms. The van der Waals surface area contributed by atoms with Crippen molar-refractivity contribution in [2.24, 2.45) is 0 Å². The fourth-order valence-electron chi connectivity index (χ4n) is 3.20. The zero-order valence-electron chi connectivity index (χ0n) is 16.3. The lowest BCUT2D eigenvalue weighted by Gasteiger charge is -2.14. The largest absolute Gasteiger partial charge is 0.465 e. The Bertz CT molecular complexity index is 1190. The fraction of sp³-hybridized carbons (Fsp3) is 0.143. The summed E-state index contributed by atoms with van der Waals surface area (Å²) in [5, 5.41) is 25.8. The van der Waals surface area contributed by atoms with Gasteiger partial charge in [0.1, 0.15) is 29.3 Å². The van der Waals surface area contributed by atoms with Gasteiger partial charge in [-0.3, -0.25) is 0 Å². The van der Waals surface area contributed by atoms with E-state index in [0.29, 0.717) is 22.5 Å². The number of carboxylic acid groups (broad SMARTS) is 1. The van der Waals surface area contributed by atoms with E-state index in [1.54, 1.807) is 0 Å². The lowest BCUT2D eigenvalue weighted by molar-refractivity contribution is 0.172. The summed E-state index contributed by atoms with van der Waals surface area (Å²) in [6.45, 7) is -0.319. The highest BCUT2D eigenvalue weighted by molar-refractivity contribution is 5.98. The maximum Gasteiger partial charge on any atom is 0.405 e. The second-order valence-corrected chi connectivity index (χ2v) is 6.76. The monoisotopic (exact) mass is 420 g/mol. The third-order valence-corrected chi connectivity index (χ3v) is 4.61. The Hall–Kier alpha value is -4.18. The van der Waals surface area contributed by atoms with Crippen LogP contribution in [0.5, 0.6) is 11.5 Å². The smallest absolute Gasteiger partial charge is 0.405 e. The SMILES string of the molecule is Nc1ncnc2c1c(-c1ccc(Oc3ccccc3)cc1)nn2C[C@@H](CO)NC(=O)O. The minimum atomic E-state index is -1.24. The van der Waals surface area contributed by atoms with Crippen LogP contribution >= 0.6 is 0 Å². The van der Waals surface area contributed by atoms with Crippen LogP contribution in [-0.4, -0.2) is 48.7 Å². The molecule has 5 N–H and O–H groups in total. The number of fused-ring (bicyclic) bond motifs is 1. The lowest BCUT2D eigenvalue weighted by atomic mass is 10.1. The normalized spacial score (nSPS) is 11.9. The predicted molar refractivity (Wildman–Crippen MR) is 114 cm³/mol. The molecule has 31 heavy (non-hydrogen) atoms. The number of hydrogen-bond donors (Lipinski definition) is 4. The minimum Gasteiger partial charge on any atom is -0.465 e. The molecule has 1 amide bonds. The molecule has 0 fully saturated rings. The third kappa shape index (κ3) is 4.38. The Morgan fingerprint density at radius 1 is 1.10 bits per heavy atom. The fourth-order valence-corrected chi connectivity index (χ4v) is 3.20. The summed E-state index contributed by atoms with van der Waals surface area (Å²) in [6, 6.07) is 16.0. The van der Waals surface area contributed by atoms with Gasteiger partial charge < -0.3 is 26.0 Å². The first-order valence-corrected chi connectivity index (χ1v) is 9.46. The van der Waals surface area contributed by atoms with Crippen LogP contribution < -0.4 is 15.8 Å². The number of rotatable bonds is 7. The first-order valence-electron chi connectivity index (χ1n) is 9.46. The van der Waals surface area contributed by atoms with Gasteiger partial charge in [0.15, 0.2) is 5.65 Å². The molecule has 0 spiro atoms.